The van der Waals surface area contributed by atoms with Crippen LogP contribution in [-0.2, 0) is 16.1 Å². The van der Waals surface area contributed by atoms with Crippen molar-refractivity contribution in [2.75, 3.05) is 6.61 Å². The Labute approximate surface area is 143 Å². The third-order valence-corrected chi connectivity index (χ3v) is 4.31. The van der Waals surface area contributed by atoms with Crippen molar-refractivity contribution in [2.24, 2.45) is 0 Å². The molecule has 1 fully saturated rings. The topological polar surface area (TPSA) is 47.6 Å². The molecule has 120 valence electrons. The molecule has 0 saturated carbocycles. The second kappa shape index (κ2) is 7.62. The number of nitrogens with one attached hydrogen (secondary N) is 1. The Hall–Kier alpha value is -1.85. The van der Waals surface area contributed by atoms with E-state index >= 15 is 0 Å². The molecule has 0 aliphatic carbocycles. The van der Waals surface area contributed by atoms with Crippen molar-refractivity contribution in [3.05, 3.63) is 70.2 Å². The highest BCUT2D eigenvalue weighted by atomic mass is 79.9. The molecule has 4 nitrogen and oxygen atoms in total. The van der Waals surface area contributed by atoms with Gasteiger partial charge in [0.25, 0.3) is 0 Å². The quantitative estimate of drug-likeness (QED) is 0.769. The van der Waals surface area contributed by atoms with E-state index in [0.717, 1.165) is 15.6 Å². The lowest BCUT2D eigenvalue weighted by molar-refractivity contribution is 0.0954. The van der Waals surface area contributed by atoms with Crippen LogP contribution in [-0.4, -0.2) is 18.7 Å². The first-order valence-electron chi connectivity index (χ1n) is 7.56. The van der Waals surface area contributed by atoms with Crippen molar-refractivity contribution >= 4 is 22.0 Å². The first kappa shape index (κ1) is 16.0. The van der Waals surface area contributed by atoms with Gasteiger partial charge in [-0.25, -0.2) is 4.79 Å². The van der Waals surface area contributed by atoms with Crippen LogP contribution in [0.1, 0.15) is 23.7 Å². The highest BCUT2D eigenvalue weighted by molar-refractivity contribution is 9.10. The van der Waals surface area contributed by atoms with Crippen molar-refractivity contribution in [1.29, 1.82) is 0 Å². The fourth-order valence-corrected chi connectivity index (χ4v) is 2.87. The fraction of sp³-hybridized carbons (Fsp3) is 0.278. The van der Waals surface area contributed by atoms with Gasteiger partial charge in [0, 0.05) is 11.1 Å². The van der Waals surface area contributed by atoms with E-state index in [1.807, 2.05) is 54.6 Å². The van der Waals surface area contributed by atoms with E-state index in [2.05, 4.69) is 21.2 Å². The summed E-state index contributed by atoms with van der Waals surface area (Å²) in [4.78, 5) is 11.6. The Bertz CT molecular complexity index is 645. The van der Waals surface area contributed by atoms with Crippen molar-refractivity contribution in [2.45, 2.75) is 25.2 Å². The van der Waals surface area contributed by atoms with Crippen molar-refractivity contribution < 1.29 is 14.3 Å². The number of alkyl carbamates (subject to hydrolysis) is 1. The number of halogens is 1. The van der Waals surface area contributed by atoms with Crippen LogP contribution in [0.2, 0.25) is 0 Å². The number of ether oxygens (including phenoxy) is 2. The molecule has 0 aromatic heterocycles. The average Bonchev–Trinajstić information content (AvgIpc) is 2.94. The van der Waals surface area contributed by atoms with Gasteiger partial charge >= 0.3 is 6.09 Å². The minimum atomic E-state index is -0.369. The SMILES string of the molecule is O=C1N[C@@H](CCOCc2ccccc2)[C@H](c2ccc(Br)cc2)O1. The monoisotopic (exact) mass is 375 g/mol. The zero-order valence-corrected chi connectivity index (χ0v) is 14.2. The van der Waals surface area contributed by atoms with Crippen molar-refractivity contribution in [3.63, 3.8) is 0 Å². The van der Waals surface area contributed by atoms with Gasteiger partial charge in [0.2, 0.25) is 0 Å². The molecule has 5 heteroatoms. The highest BCUT2D eigenvalue weighted by Crippen LogP contribution is 2.29. The molecular formula is C18H18BrNO3. The van der Waals surface area contributed by atoms with Crippen LogP contribution < -0.4 is 5.32 Å². The maximum atomic E-state index is 11.6. The van der Waals surface area contributed by atoms with Crippen LogP contribution in [0.25, 0.3) is 0 Å². The summed E-state index contributed by atoms with van der Waals surface area (Å²) < 4.78 is 12.1. The van der Waals surface area contributed by atoms with Crippen molar-refractivity contribution in [3.8, 4) is 0 Å². The summed E-state index contributed by atoms with van der Waals surface area (Å²) in [5, 5.41) is 2.86. The van der Waals surface area contributed by atoms with Crippen LogP contribution in [0.4, 0.5) is 4.79 Å². The molecule has 1 saturated heterocycles. The number of cyclic esters (lactones) is 1. The predicted molar refractivity (Wildman–Crippen MR) is 91.0 cm³/mol. The number of hydrogen-bond acceptors (Lipinski definition) is 3. The lowest BCUT2D eigenvalue weighted by Crippen LogP contribution is -2.29. The van der Waals surface area contributed by atoms with Gasteiger partial charge in [0.05, 0.1) is 12.6 Å². The van der Waals surface area contributed by atoms with E-state index in [4.69, 9.17) is 9.47 Å². The number of amides is 1. The molecule has 1 aliphatic rings. The number of rotatable bonds is 6. The molecule has 0 radical (unpaired) electrons. The molecule has 0 spiro atoms. The Kier molecular flexibility index (Phi) is 5.31. The maximum absolute atomic E-state index is 11.6. The Morgan fingerprint density at radius 3 is 2.57 bits per heavy atom. The molecule has 1 amide bonds. The van der Waals surface area contributed by atoms with Gasteiger partial charge in [-0.2, -0.15) is 0 Å². The summed E-state index contributed by atoms with van der Waals surface area (Å²) >= 11 is 3.41. The van der Waals surface area contributed by atoms with Gasteiger partial charge < -0.3 is 14.8 Å². The zero-order chi connectivity index (χ0) is 16.1. The fourth-order valence-electron chi connectivity index (χ4n) is 2.61. The smallest absolute Gasteiger partial charge is 0.408 e. The lowest BCUT2D eigenvalue weighted by Gasteiger charge is -2.17. The molecule has 0 bridgehead atoms. The third-order valence-electron chi connectivity index (χ3n) is 3.79. The largest absolute Gasteiger partial charge is 0.439 e. The normalized spacial score (nSPS) is 20.1. The number of hydrogen-bond donors (Lipinski definition) is 1. The number of carbonyl (C=O) groups excluding carboxylic acids is 1. The van der Waals surface area contributed by atoms with Crippen molar-refractivity contribution in [1.82, 2.24) is 5.32 Å². The Morgan fingerprint density at radius 1 is 1.09 bits per heavy atom. The summed E-state index contributed by atoms with van der Waals surface area (Å²) in [5.41, 5.74) is 2.13. The molecule has 1 N–H and O–H groups in total. The van der Waals surface area contributed by atoms with E-state index in [1.54, 1.807) is 0 Å². The molecule has 2 aromatic carbocycles. The van der Waals surface area contributed by atoms with Crippen LogP contribution in [0, 0.1) is 0 Å². The van der Waals surface area contributed by atoms with E-state index in [9.17, 15) is 4.79 Å². The summed E-state index contributed by atoms with van der Waals surface area (Å²) in [7, 11) is 0. The van der Waals surface area contributed by atoms with E-state index in [-0.39, 0.29) is 18.2 Å². The summed E-state index contributed by atoms with van der Waals surface area (Å²) in [6.07, 6.45) is 0.0705. The zero-order valence-electron chi connectivity index (χ0n) is 12.6. The lowest BCUT2D eigenvalue weighted by atomic mass is 10.0. The summed E-state index contributed by atoms with van der Waals surface area (Å²) in [5.74, 6) is 0. The van der Waals surface area contributed by atoms with Crippen LogP contribution >= 0.6 is 15.9 Å². The first-order chi connectivity index (χ1) is 11.2. The first-order valence-corrected chi connectivity index (χ1v) is 8.36. The molecule has 3 rings (SSSR count). The van der Waals surface area contributed by atoms with Gasteiger partial charge in [0.15, 0.2) is 0 Å². The van der Waals surface area contributed by atoms with Crippen LogP contribution in [0.5, 0.6) is 0 Å². The summed E-state index contributed by atoms with van der Waals surface area (Å²) in [6, 6.07) is 17.8. The number of carbonyl (C=O) groups is 1. The molecule has 2 aromatic rings. The molecule has 2 atom stereocenters. The third kappa shape index (κ3) is 4.33. The highest BCUT2D eigenvalue weighted by Gasteiger charge is 2.34. The minimum Gasteiger partial charge on any atom is -0.439 e. The Balaban J connectivity index is 1.53. The van der Waals surface area contributed by atoms with Crippen LogP contribution in [0.3, 0.4) is 0 Å². The van der Waals surface area contributed by atoms with Gasteiger partial charge in [-0.1, -0.05) is 58.4 Å². The van der Waals surface area contributed by atoms with E-state index < -0.39 is 0 Å². The van der Waals surface area contributed by atoms with E-state index in [1.165, 1.54) is 0 Å². The maximum Gasteiger partial charge on any atom is 0.408 e. The second-order valence-corrected chi connectivity index (χ2v) is 6.37. The molecular weight excluding hydrogens is 358 g/mol. The molecule has 1 heterocycles. The van der Waals surface area contributed by atoms with Crippen LogP contribution in [0.15, 0.2) is 59.1 Å². The van der Waals surface area contributed by atoms with E-state index in [0.29, 0.717) is 19.6 Å². The molecule has 23 heavy (non-hydrogen) atoms. The number of benzene rings is 2. The average molecular weight is 376 g/mol. The Morgan fingerprint density at radius 2 is 1.83 bits per heavy atom. The van der Waals surface area contributed by atoms with Gasteiger partial charge in [-0.05, 0) is 29.7 Å². The molecule has 0 unspecified atom stereocenters. The van der Waals surface area contributed by atoms with Gasteiger partial charge in [-0.3, -0.25) is 0 Å². The van der Waals surface area contributed by atoms with Gasteiger partial charge in [0.1, 0.15) is 6.10 Å². The molecule has 1 aliphatic heterocycles. The van der Waals surface area contributed by atoms with Gasteiger partial charge in [-0.15, -0.1) is 0 Å². The minimum absolute atomic E-state index is 0.0700. The predicted octanol–water partition coefficient (Wildman–Crippen LogP) is 4.21. The summed E-state index contributed by atoms with van der Waals surface area (Å²) in [6.45, 7) is 1.14. The second-order valence-electron chi connectivity index (χ2n) is 5.46. The standard InChI is InChI=1S/C18H18BrNO3/c19-15-8-6-14(7-9-15)17-16(20-18(21)23-17)10-11-22-12-13-4-2-1-3-5-13/h1-9,16-17H,10-12H2,(H,20,21)/t16-,17-/m0/s1.